The fraction of sp³-hybridized carbons (Fsp3) is 0.0526. The third-order valence-corrected chi connectivity index (χ3v) is 5.83. The lowest BCUT2D eigenvalue weighted by Gasteiger charge is -2.09. The van der Waals surface area contributed by atoms with Crippen LogP contribution in [-0.2, 0) is 20.6 Å². The minimum Gasteiger partial charge on any atom is -0.456 e. The van der Waals surface area contributed by atoms with Crippen LogP contribution in [0.3, 0.4) is 0 Å². The Morgan fingerprint density at radius 1 is 1.00 bits per heavy atom. The van der Waals surface area contributed by atoms with E-state index in [1.165, 1.54) is 19.2 Å². The molecule has 3 aromatic carbocycles. The molecule has 164 valence electrons. The topological polar surface area (TPSA) is 127 Å². The van der Waals surface area contributed by atoms with Crippen molar-refractivity contribution in [2.45, 2.75) is 4.90 Å². The van der Waals surface area contributed by atoms with Gasteiger partial charge in [-0.1, -0.05) is 45.3 Å². The van der Waals surface area contributed by atoms with Gasteiger partial charge in [0.05, 0.1) is 10.7 Å². The Balaban J connectivity index is 0.000000316. The molecule has 0 fully saturated rings. The molecule has 0 atom stereocenters. The Morgan fingerprint density at radius 3 is 2.16 bits per heavy atom. The molecule has 0 amide bonds. The maximum Gasteiger partial charge on any atom is 0.464 e. The van der Waals surface area contributed by atoms with Crippen LogP contribution in [0.2, 0.25) is 10.0 Å². The van der Waals surface area contributed by atoms with Gasteiger partial charge in [-0.15, -0.1) is 8.42 Å². The van der Waals surface area contributed by atoms with E-state index in [4.69, 9.17) is 33.7 Å². The molecule has 31 heavy (non-hydrogen) atoms. The first-order chi connectivity index (χ1) is 14.5. The highest BCUT2D eigenvalue weighted by Crippen LogP contribution is 2.31. The molecule has 3 N–H and O–H groups in total. The van der Waals surface area contributed by atoms with Crippen LogP contribution < -0.4 is 10.5 Å². The van der Waals surface area contributed by atoms with E-state index in [1.807, 2.05) is 0 Å². The lowest BCUT2D eigenvalue weighted by atomic mass is 10.3. The van der Waals surface area contributed by atoms with E-state index in [-0.39, 0.29) is 11.4 Å². The molecule has 0 aromatic heterocycles. The van der Waals surface area contributed by atoms with Crippen LogP contribution in [0.25, 0.3) is 0 Å². The van der Waals surface area contributed by atoms with Crippen molar-refractivity contribution < 1.29 is 30.1 Å². The molecule has 0 aliphatic carbocycles. The van der Waals surface area contributed by atoms with Gasteiger partial charge in [-0.2, -0.15) is 8.42 Å². The van der Waals surface area contributed by atoms with E-state index in [9.17, 15) is 21.4 Å². The van der Waals surface area contributed by atoms with Gasteiger partial charge in [0.25, 0.3) is 10.1 Å². The van der Waals surface area contributed by atoms with Crippen molar-refractivity contribution in [1.82, 2.24) is 0 Å². The van der Waals surface area contributed by atoms with E-state index < -0.39 is 25.5 Å². The predicted octanol–water partition coefficient (Wildman–Crippen LogP) is 4.64. The second-order valence-electron chi connectivity index (χ2n) is 5.90. The summed E-state index contributed by atoms with van der Waals surface area (Å²) in [7, 11) is -5.92. The summed E-state index contributed by atoms with van der Waals surface area (Å²) in [4.78, 5) is -0.522. The smallest absolute Gasteiger partial charge is 0.456 e. The van der Waals surface area contributed by atoms with E-state index in [2.05, 4.69) is 0 Å². The zero-order valence-corrected chi connectivity index (χ0v) is 19.1. The first-order valence-electron chi connectivity index (χ1n) is 8.37. The Bertz CT molecular complexity index is 1320. The number of hydrogen-bond donors (Lipinski definition) is 2. The van der Waals surface area contributed by atoms with Gasteiger partial charge in [-0.25, -0.2) is 0 Å². The molecule has 3 rings (SSSR count). The van der Waals surface area contributed by atoms with Crippen LogP contribution in [0.4, 0.5) is 11.4 Å². The Kier molecular flexibility index (Phi) is 8.43. The number of halogens is 2. The van der Waals surface area contributed by atoms with Gasteiger partial charge in [0.15, 0.2) is 7.05 Å². The third-order valence-electron chi connectivity index (χ3n) is 3.72. The van der Waals surface area contributed by atoms with E-state index in [0.29, 0.717) is 21.5 Å². The number of anilines is 1. The minimum atomic E-state index is -4.59. The largest absolute Gasteiger partial charge is 0.464 e. The van der Waals surface area contributed by atoms with Gasteiger partial charge in [-0.3, -0.25) is 4.55 Å². The van der Waals surface area contributed by atoms with E-state index in [1.54, 1.807) is 48.5 Å². The fourth-order valence-electron chi connectivity index (χ4n) is 2.19. The van der Waals surface area contributed by atoms with Crippen molar-refractivity contribution in [3.8, 4) is 11.5 Å². The van der Waals surface area contributed by atoms with Crippen LogP contribution >= 0.6 is 23.2 Å². The Morgan fingerprint density at radius 2 is 1.65 bits per heavy atom. The molecule has 0 saturated carbocycles. The molecule has 0 radical (unpaired) electrons. The van der Waals surface area contributed by atoms with Crippen LogP contribution in [0.15, 0.2) is 71.6 Å². The third kappa shape index (κ3) is 7.23. The molecule has 8 nitrogen and oxygen atoms in total. The monoisotopic (exact) mass is 503 g/mol. The number of hydrogen-bond acceptors (Lipinski definition) is 6. The predicted molar refractivity (Wildman–Crippen MR) is 118 cm³/mol. The summed E-state index contributed by atoms with van der Waals surface area (Å²) < 4.78 is 60.4. The number of para-hydroxylation sites is 1. The summed E-state index contributed by atoms with van der Waals surface area (Å²) in [6, 6.07) is 17.0. The van der Waals surface area contributed by atoms with Crippen LogP contribution in [0.1, 0.15) is 0 Å². The summed E-state index contributed by atoms with van der Waals surface area (Å²) in [5, 5.41) is 1.15. The van der Waals surface area contributed by atoms with Crippen molar-refractivity contribution in [3.63, 3.8) is 0 Å². The van der Waals surface area contributed by atoms with Crippen LogP contribution in [-0.4, -0.2) is 32.4 Å². The first kappa shape index (κ1) is 24.6. The summed E-state index contributed by atoms with van der Waals surface area (Å²) in [6.45, 7) is 0. The number of ether oxygens (including phenoxy) is 1. The molecule has 12 heteroatoms. The second-order valence-corrected chi connectivity index (χ2v) is 9.12. The van der Waals surface area contributed by atoms with Gasteiger partial charge in [0.1, 0.15) is 16.4 Å². The Labute approximate surface area is 190 Å². The van der Waals surface area contributed by atoms with Crippen molar-refractivity contribution in [2.24, 2.45) is 0 Å². The Hall–Kier alpha value is -2.63. The van der Waals surface area contributed by atoms with Gasteiger partial charge in [-0.05, 0) is 36.4 Å². The molecule has 0 unspecified atom stereocenters. The van der Waals surface area contributed by atoms with Crippen molar-refractivity contribution in [1.29, 1.82) is 0 Å². The maximum absolute atomic E-state index is 11.5. The summed E-state index contributed by atoms with van der Waals surface area (Å²) in [5.74, 6) is 0.267. The zero-order valence-electron chi connectivity index (χ0n) is 15.9. The molecule has 0 spiro atoms. The summed E-state index contributed by atoms with van der Waals surface area (Å²) in [6.07, 6.45) is 0. The van der Waals surface area contributed by atoms with Gasteiger partial charge >= 0.3 is 10.5 Å². The first-order valence-corrected chi connectivity index (χ1v) is 11.6. The van der Waals surface area contributed by atoms with Crippen LogP contribution in [0, 0.1) is 0 Å². The number of rotatable bonds is 4. The standard InChI is InChI=1S/C13H11NO6S2.C6H5Cl2N/c1-14(21(15)16)10-7-8-12(13(9-10)22(17,18)19)20-11-5-3-2-4-6-11;7-4-1-2-5(8)6(9)3-4/h2-9H,1H3;1-3H,9H2/p+1. The minimum absolute atomic E-state index is 0.0707. The molecule has 0 saturated heterocycles. The number of nitrogens with zero attached hydrogens (tertiary/aromatic N) is 1. The number of nitrogen functional groups attached to an aromatic ring is 1. The average Bonchev–Trinajstić information content (AvgIpc) is 2.71. The SMILES string of the molecule is C[N+](c1ccc(Oc2ccccc2)c(S(=O)(=O)O)c1)=S(=O)=O.Nc1cc(Cl)ccc1Cl. The molecule has 3 aromatic rings. The quantitative estimate of drug-likeness (QED) is 0.301. The van der Waals surface area contributed by atoms with Crippen LogP contribution in [0.5, 0.6) is 11.5 Å². The molecule has 0 heterocycles. The maximum atomic E-state index is 11.5. The highest BCUT2D eigenvalue weighted by molar-refractivity contribution is 7.86. The molecule has 0 aliphatic rings. The lowest BCUT2D eigenvalue weighted by molar-refractivity contribution is -0.377. The average molecular weight is 504 g/mol. The van der Waals surface area contributed by atoms with Gasteiger partial charge < -0.3 is 10.5 Å². The normalized spacial score (nSPS) is 10.6. The van der Waals surface area contributed by atoms with Gasteiger partial charge in [0, 0.05) is 17.2 Å². The summed E-state index contributed by atoms with van der Waals surface area (Å²) in [5.41, 5.74) is 5.99. The highest BCUT2D eigenvalue weighted by Gasteiger charge is 2.21. The molecule has 0 aliphatic heterocycles. The number of benzene rings is 3. The van der Waals surface area contributed by atoms with Gasteiger partial charge in [0.2, 0.25) is 5.69 Å². The zero-order chi connectivity index (χ0) is 23.2. The van der Waals surface area contributed by atoms with Crippen molar-refractivity contribution in [2.75, 3.05) is 12.8 Å². The second kappa shape index (κ2) is 10.6. The van der Waals surface area contributed by atoms with E-state index in [0.717, 1.165) is 10.0 Å². The molecule has 0 bridgehead atoms. The molecular formula is C19H17Cl2N2O6S2+. The lowest BCUT2D eigenvalue weighted by Crippen LogP contribution is -2.03. The number of nitrogens with two attached hydrogens (primary N) is 1. The molecular weight excluding hydrogens is 487 g/mol. The van der Waals surface area contributed by atoms with Crippen molar-refractivity contribution in [3.05, 3.63) is 76.8 Å². The highest BCUT2D eigenvalue weighted by atomic mass is 35.5. The van der Waals surface area contributed by atoms with Crippen molar-refractivity contribution >= 4 is 55.2 Å². The fourth-order valence-corrected chi connectivity index (χ4v) is 3.41. The summed E-state index contributed by atoms with van der Waals surface area (Å²) >= 11 is 11.2. The van der Waals surface area contributed by atoms with E-state index >= 15 is 0 Å².